The third-order valence-corrected chi connectivity index (χ3v) is 6.68. The molecule has 7 N–H and O–H groups in total. The number of carbonyl (C=O) groups excluding carboxylic acids is 4. The standard InChI is InChI=1S/C32H37N5O6/c1-21(32(42)43)34-29(39)26(18-23-13-7-3-8-14-23)36-31(41)27(19-24-15-9-4-10-16-24)37-30(40)25(35-28(38)20-33)17-22-11-5-2-6-12-22/h2-16,21,25-27H,17-20,33H2,1H3,(H,34,39)(H,35,38)(H,36,41)(H,37,40)(H,42,43)/t21-,25-,26-,27-/m0/s1. The van der Waals surface area contributed by atoms with Gasteiger partial charge in [-0.3, -0.25) is 24.0 Å². The van der Waals surface area contributed by atoms with Crippen LogP contribution >= 0.6 is 0 Å². The summed E-state index contributed by atoms with van der Waals surface area (Å²) in [5, 5.41) is 19.8. The molecule has 0 aliphatic rings. The van der Waals surface area contributed by atoms with Crippen molar-refractivity contribution in [1.82, 2.24) is 21.3 Å². The maximum absolute atomic E-state index is 13.7. The molecule has 226 valence electrons. The Bertz CT molecular complexity index is 1370. The van der Waals surface area contributed by atoms with Crippen molar-refractivity contribution in [3.05, 3.63) is 108 Å². The molecule has 11 heteroatoms. The molecule has 3 aromatic carbocycles. The van der Waals surface area contributed by atoms with Gasteiger partial charge in [-0.15, -0.1) is 0 Å². The highest BCUT2D eigenvalue weighted by atomic mass is 16.4. The summed E-state index contributed by atoms with van der Waals surface area (Å²) >= 11 is 0. The first-order chi connectivity index (χ1) is 20.7. The molecule has 43 heavy (non-hydrogen) atoms. The van der Waals surface area contributed by atoms with Gasteiger partial charge in [0.05, 0.1) is 6.54 Å². The van der Waals surface area contributed by atoms with Gasteiger partial charge in [0.25, 0.3) is 0 Å². The maximum atomic E-state index is 13.7. The van der Waals surface area contributed by atoms with Crippen molar-refractivity contribution in [2.75, 3.05) is 6.54 Å². The zero-order valence-corrected chi connectivity index (χ0v) is 23.9. The van der Waals surface area contributed by atoms with Gasteiger partial charge in [0.15, 0.2) is 0 Å². The minimum absolute atomic E-state index is 0.0833. The molecular formula is C32H37N5O6. The van der Waals surface area contributed by atoms with Gasteiger partial charge in [-0.25, -0.2) is 0 Å². The van der Waals surface area contributed by atoms with Crippen molar-refractivity contribution in [2.24, 2.45) is 5.73 Å². The third-order valence-electron chi connectivity index (χ3n) is 6.68. The van der Waals surface area contributed by atoms with Gasteiger partial charge in [-0.1, -0.05) is 91.0 Å². The van der Waals surface area contributed by atoms with E-state index in [-0.39, 0.29) is 25.8 Å². The summed E-state index contributed by atoms with van der Waals surface area (Å²) in [6, 6.07) is 22.5. The highest BCUT2D eigenvalue weighted by Gasteiger charge is 2.31. The number of nitrogens with one attached hydrogen (secondary N) is 4. The summed E-state index contributed by atoms with van der Waals surface area (Å²) in [5.41, 5.74) is 7.76. The lowest BCUT2D eigenvalue weighted by atomic mass is 10.0. The topological polar surface area (TPSA) is 180 Å². The predicted molar refractivity (Wildman–Crippen MR) is 161 cm³/mol. The molecule has 4 amide bonds. The van der Waals surface area contributed by atoms with Gasteiger partial charge < -0.3 is 32.1 Å². The number of carboxylic acid groups (broad SMARTS) is 1. The van der Waals surface area contributed by atoms with Crippen LogP contribution in [0.3, 0.4) is 0 Å². The number of benzene rings is 3. The van der Waals surface area contributed by atoms with Crippen molar-refractivity contribution in [2.45, 2.75) is 50.4 Å². The second-order valence-corrected chi connectivity index (χ2v) is 10.1. The van der Waals surface area contributed by atoms with E-state index in [2.05, 4.69) is 21.3 Å². The van der Waals surface area contributed by atoms with E-state index in [0.717, 1.165) is 16.7 Å². The van der Waals surface area contributed by atoms with Crippen LogP contribution in [0.15, 0.2) is 91.0 Å². The van der Waals surface area contributed by atoms with Crippen LogP contribution in [0.4, 0.5) is 0 Å². The summed E-state index contributed by atoms with van der Waals surface area (Å²) in [7, 11) is 0. The minimum atomic E-state index is -1.23. The molecule has 0 aliphatic carbocycles. The number of carboxylic acids is 1. The van der Waals surface area contributed by atoms with E-state index in [9.17, 15) is 29.1 Å². The second kappa shape index (κ2) is 16.4. The first kappa shape index (κ1) is 32.5. The fourth-order valence-electron chi connectivity index (χ4n) is 4.35. The Labute approximate surface area is 250 Å². The highest BCUT2D eigenvalue weighted by molar-refractivity contribution is 5.95. The Kier molecular flexibility index (Phi) is 12.4. The summed E-state index contributed by atoms with van der Waals surface area (Å²) in [6.45, 7) is 1.00. The van der Waals surface area contributed by atoms with Gasteiger partial charge in [0.2, 0.25) is 23.6 Å². The summed E-state index contributed by atoms with van der Waals surface area (Å²) < 4.78 is 0. The Hall–Kier alpha value is -5.03. The molecule has 0 aliphatic heterocycles. The number of hydrogen-bond acceptors (Lipinski definition) is 6. The minimum Gasteiger partial charge on any atom is -0.480 e. The molecular weight excluding hydrogens is 550 g/mol. The Balaban J connectivity index is 1.87. The van der Waals surface area contributed by atoms with E-state index in [1.807, 2.05) is 42.5 Å². The zero-order chi connectivity index (χ0) is 31.2. The van der Waals surface area contributed by atoms with Gasteiger partial charge in [-0.2, -0.15) is 0 Å². The number of carbonyl (C=O) groups is 5. The fraction of sp³-hybridized carbons (Fsp3) is 0.281. The van der Waals surface area contributed by atoms with E-state index in [1.165, 1.54) is 6.92 Å². The van der Waals surface area contributed by atoms with Crippen LogP contribution in [0.1, 0.15) is 23.6 Å². The molecule has 0 heterocycles. The lowest BCUT2D eigenvalue weighted by molar-refractivity contribution is -0.141. The average Bonchev–Trinajstić information content (AvgIpc) is 3.01. The quantitative estimate of drug-likeness (QED) is 0.152. The van der Waals surface area contributed by atoms with E-state index in [1.54, 1.807) is 48.5 Å². The lowest BCUT2D eigenvalue weighted by Crippen LogP contribution is -2.59. The van der Waals surface area contributed by atoms with Crippen molar-refractivity contribution < 1.29 is 29.1 Å². The molecule has 0 fully saturated rings. The Morgan fingerprint density at radius 3 is 1.23 bits per heavy atom. The SMILES string of the molecule is C[C@H](NC(=O)[C@H](Cc1ccccc1)NC(=O)[C@H](Cc1ccccc1)NC(=O)[C@H](Cc1ccccc1)NC(=O)CN)C(=O)O. The van der Waals surface area contributed by atoms with Gasteiger partial charge in [-0.05, 0) is 23.6 Å². The van der Waals surface area contributed by atoms with Gasteiger partial charge in [0.1, 0.15) is 24.2 Å². The molecule has 0 saturated carbocycles. The summed E-state index contributed by atoms with van der Waals surface area (Å²) in [5.74, 6) is -3.71. The number of aliphatic carboxylic acids is 1. The maximum Gasteiger partial charge on any atom is 0.325 e. The van der Waals surface area contributed by atoms with Crippen LogP contribution in [0, 0.1) is 0 Å². The van der Waals surface area contributed by atoms with E-state index in [0.29, 0.717) is 0 Å². The van der Waals surface area contributed by atoms with Crippen LogP contribution < -0.4 is 27.0 Å². The molecule has 3 aromatic rings. The summed E-state index contributed by atoms with van der Waals surface area (Å²) in [4.78, 5) is 64.0. The molecule has 11 nitrogen and oxygen atoms in total. The lowest BCUT2D eigenvalue weighted by Gasteiger charge is -2.26. The number of hydrogen-bond donors (Lipinski definition) is 6. The molecule has 4 atom stereocenters. The Morgan fingerprint density at radius 1 is 0.581 bits per heavy atom. The Morgan fingerprint density at radius 2 is 0.907 bits per heavy atom. The molecule has 0 bridgehead atoms. The number of nitrogens with two attached hydrogens (primary N) is 1. The number of amides is 4. The van der Waals surface area contributed by atoms with E-state index < -0.39 is 53.8 Å². The highest BCUT2D eigenvalue weighted by Crippen LogP contribution is 2.09. The van der Waals surface area contributed by atoms with E-state index in [4.69, 9.17) is 5.73 Å². The van der Waals surface area contributed by atoms with Crippen molar-refractivity contribution in [3.63, 3.8) is 0 Å². The van der Waals surface area contributed by atoms with Gasteiger partial charge in [0, 0.05) is 19.3 Å². The third kappa shape index (κ3) is 10.7. The zero-order valence-electron chi connectivity index (χ0n) is 23.9. The van der Waals surface area contributed by atoms with Crippen LogP contribution in [0.2, 0.25) is 0 Å². The second-order valence-electron chi connectivity index (χ2n) is 10.1. The molecule has 0 radical (unpaired) electrons. The normalized spacial score (nSPS) is 13.4. The first-order valence-electron chi connectivity index (χ1n) is 13.9. The molecule has 0 aromatic heterocycles. The largest absolute Gasteiger partial charge is 0.480 e. The van der Waals surface area contributed by atoms with Crippen molar-refractivity contribution >= 4 is 29.6 Å². The first-order valence-corrected chi connectivity index (χ1v) is 13.9. The predicted octanol–water partition coefficient (Wildman–Crippen LogP) is 0.717. The van der Waals surface area contributed by atoms with Crippen molar-refractivity contribution in [3.8, 4) is 0 Å². The van der Waals surface area contributed by atoms with Crippen molar-refractivity contribution in [1.29, 1.82) is 0 Å². The monoisotopic (exact) mass is 587 g/mol. The van der Waals surface area contributed by atoms with Crippen LogP contribution in [0.5, 0.6) is 0 Å². The van der Waals surface area contributed by atoms with Crippen LogP contribution in [-0.2, 0) is 43.2 Å². The number of rotatable bonds is 15. The average molecular weight is 588 g/mol. The summed E-state index contributed by atoms with van der Waals surface area (Å²) in [6.07, 6.45) is 0.330. The van der Waals surface area contributed by atoms with E-state index >= 15 is 0 Å². The van der Waals surface area contributed by atoms with Crippen LogP contribution in [0.25, 0.3) is 0 Å². The smallest absolute Gasteiger partial charge is 0.325 e. The fourth-order valence-corrected chi connectivity index (χ4v) is 4.35. The molecule has 0 unspecified atom stereocenters. The van der Waals surface area contributed by atoms with Crippen LogP contribution in [-0.4, -0.2) is 65.4 Å². The van der Waals surface area contributed by atoms with Gasteiger partial charge >= 0.3 is 5.97 Å². The molecule has 3 rings (SSSR count). The molecule has 0 spiro atoms. The molecule has 0 saturated heterocycles.